The number of carbonyl (C=O) groups is 1. The third-order valence-corrected chi connectivity index (χ3v) is 4.51. The molecule has 0 saturated heterocycles. The molecule has 28 heavy (non-hydrogen) atoms. The van der Waals surface area contributed by atoms with Crippen LogP contribution in [-0.2, 0) is 6.42 Å². The van der Waals surface area contributed by atoms with E-state index in [0.717, 1.165) is 42.0 Å². The number of nitrogens with one attached hydrogen (secondary N) is 2. The number of amidine groups is 1. The molecule has 0 saturated carbocycles. The number of esters is 1. The first-order valence-electron chi connectivity index (χ1n) is 9.33. The molecule has 3 aromatic rings. The molecule has 140 valence electrons. The second-order valence-corrected chi connectivity index (χ2v) is 6.57. The first-order valence-corrected chi connectivity index (χ1v) is 9.33. The fourth-order valence-corrected chi connectivity index (χ4v) is 3.08. The maximum atomic E-state index is 12.3. The Kier molecular flexibility index (Phi) is 5.33. The first-order chi connectivity index (χ1) is 13.8. The van der Waals surface area contributed by atoms with Gasteiger partial charge in [0.05, 0.1) is 16.9 Å². The summed E-state index contributed by atoms with van der Waals surface area (Å²) in [7, 11) is 0. The summed E-state index contributed by atoms with van der Waals surface area (Å²) in [6.45, 7) is 0. The summed E-state index contributed by atoms with van der Waals surface area (Å²) in [6, 6.07) is 24.5. The van der Waals surface area contributed by atoms with Crippen LogP contribution in [0.5, 0.6) is 5.75 Å². The highest BCUT2D eigenvalue weighted by molar-refractivity contribution is 5.91. The van der Waals surface area contributed by atoms with Crippen LogP contribution in [0.2, 0.25) is 0 Å². The number of aliphatic imine (C=N–C) groups is 1. The lowest BCUT2D eigenvalue weighted by Gasteiger charge is -2.11. The van der Waals surface area contributed by atoms with Crippen LogP contribution in [0.3, 0.4) is 0 Å². The molecule has 1 aliphatic rings. The molecule has 2 N–H and O–H groups in total. The summed E-state index contributed by atoms with van der Waals surface area (Å²) in [5.41, 5.74) is 9.88. The molecular formula is C23H21N3O2. The van der Waals surface area contributed by atoms with E-state index in [-0.39, 0.29) is 5.97 Å². The lowest BCUT2D eigenvalue weighted by atomic mass is 10.1. The van der Waals surface area contributed by atoms with Gasteiger partial charge in [-0.3, -0.25) is 10.9 Å². The van der Waals surface area contributed by atoms with Gasteiger partial charge in [0.2, 0.25) is 0 Å². The molecule has 5 heteroatoms. The molecule has 0 fully saturated rings. The van der Waals surface area contributed by atoms with Gasteiger partial charge in [-0.05, 0) is 60.9 Å². The van der Waals surface area contributed by atoms with Crippen LogP contribution in [0, 0.1) is 0 Å². The minimum absolute atomic E-state index is 0.355. The number of carbonyl (C=O) groups excluding carboxylic acids is 1. The Labute approximate surface area is 164 Å². The zero-order valence-electron chi connectivity index (χ0n) is 15.4. The van der Waals surface area contributed by atoms with Gasteiger partial charge in [0, 0.05) is 6.42 Å². The van der Waals surface area contributed by atoms with Crippen molar-refractivity contribution in [2.75, 3.05) is 5.43 Å². The summed E-state index contributed by atoms with van der Waals surface area (Å²) in [5.74, 6) is 1.07. The molecule has 0 amide bonds. The van der Waals surface area contributed by atoms with E-state index < -0.39 is 0 Å². The van der Waals surface area contributed by atoms with E-state index >= 15 is 0 Å². The number of hydrogen-bond acceptors (Lipinski definition) is 5. The summed E-state index contributed by atoms with van der Waals surface area (Å²) in [6.07, 6.45) is 2.69. The number of benzene rings is 3. The molecule has 0 aromatic heterocycles. The zero-order valence-corrected chi connectivity index (χ0v) is 15.4. The van der Waals surface area contributed by atoms with Gasteiger partial charge in [-0.25, -0.2) is 9.79 Å². The van der Waals surface area contributed by atoms with E-state index in [2.05, 4.69) is 10.9 Å². The molecule has 3 aromatic carbocycles. The fraction of sp³-hybridized carbons (Fsp3) is 0.130. The number of hydrogen-bond donors (Lipinski definition) is 2. The molecular weight excluding hydrogens is 350 g/mol. The normalized spacial score (nSPS) is 12.9. The van der Waals surface area contributed by atoms with Crippen molar-refractivity contribution >= 4 is 23.2 Å². The Balaban J connectivity index is 1.46. The molecule has 0 aliphatic carbocycles. The van der Waals surface area contributed by atoms with Crippen LogP contribution in [0.4, 0.5) is 11.4 Å². The first kappa shape index (κ1) is 17.8. The van der Waals surface area contributed by atoms with E-state index in [0.29, 0.717) is 11.3 Å². The van der Waals surface area contributed by atoms with Crippen molar-refractivity contribution in [3.05, 3.63) is 90.0 Å². The number of rotatable bonds is 4. The van der Waals surface area contributed by atoms with E-state index in [1.807, 2.05) is 60.7 Å². The van der Waals surface area contributed by atoms with Crippen LogP contribution in [0.15, 0.2) is 83.9 Å². The second kappa shape index (κ2) is 8.39. The minimum Gasteiger partial charge on any atom is -0.423 e. The van der Waals surface area contributed by atoms with Gasteiger partial charge in [0.1, 0.15) is 11.6 Å². The van der Waals surface area contributed by atoms with Gasteiger partial charge in [0.15, 0.2) is 0 Å². The number of para-hydroxylation sites is 1. The Hall–Kier alpha value is -3.60. The van der Waals surface area contributed by atoms with Crippen molar-refractivity contribution < 1.29 is 9.53 Å². The van der Waals surface area contributed by atoms with Crippen molar-refractivity contribution in [3.63, 3.8) is 0 Å². The highest BCUT2D eigenvalue weighted by Crippen LogP contribution is 2.29. The molecule has 0 unspecified atom stereocenters. The number of nitrogens with zero attached hydrogens (tertiary/aromatic N) is 1. The molecule has 0 spiro atoms. The summed E-state index contributed by atoms with van der Waals surface area (Å²) >= 11 is 0. The SMILES string of the molecule is O=C(Oc1ccc2c(c1)CCCC(NNc1ccccc1)=N2)c1ccccc1. The maximum Gasteiger partial charge on any atom is 0.343 e. The smallest absolute Gasteiger partial charge is 0.343 e. The Morgan fingerprint density at radius 2 is 1.61 bits per heavy atom. The molecule has 1 aliphatic heterocycles. The zero-order chi connectivity index (χ0) is 19.2. The third-order valence-electron chi connectivity index (χ3n) is 4.51. The van der Waals surface area contributed by atoms with Crippen molar-refractivity contribution in [3.8, 4) is 5.75 Å². The van der Waals surface area contributed by atoms with Crippen molar-refractivity contribution in [2.45, 2.75) is 19.3 Å². The van der Waals surface area contributed by atoms with Crippen LogP contribution >= 0.6 is 0 Å². The molecule has 1 heterocycles. The number of aryl methyl sites for hydroxylation is 1. The van der Waals surface area contributed by atoms with E-state index in [1.165, 1.54) is 0 Å². The highest BCUT2D eigenvalue weighted by atomic mass is 16.5. The van der Waals surface area contributed by atoms with Gasteiger partial charge >= 0.3 is 5.97 Å². The minimum atomic E-state index is -0.355. The van der Waals surface area contributed by atoms with Gasteiger partial charge < -0.3 is 4.74 Å². The Bertz CT molecular complexity index is 985. The van der Waals surface area contributed by atoms with Gasteiger partial charge in [-0.2, -0.15) is 0 Å². The lowest BCUT2D eigenvalue weighted by Crippen LogP contribution is -2.28. The van der Waals surface area contributed by atoms with Gasteiger partial charge in [-0.1, -0.05) is 36.4 Å². The molecule has 0 atom stereocenters. The molecule has 0 bridgehead atoms. The van der Waals surface area contributed by atoms with Crippen molar-refractivity contribution in [1.82, 2.24) is 5.43 Å². The van der Waals surface area contributed by atoms with Crippen LogP contribution in [0.25, 0.3) is 0 Å². The summed E-state index contributed by atoms with van der Waals surface area (Å²) in [4.78, 5) is 17.0. The monoisotopic (exact) mass is 371 g/mol. The predicted molar refractivity (Wildman–Crippen MR) is 111 cm³/mol. The number of hydrazine groups is 1. The molecule has 4 rings (SSSR count). The second-order valence-electron chi connectivity index (χ2n) is 6.57. The quantitative estimate of drug-likeness (QED) is 0.389. The van der Waals surface area contributed by atoms with E-state index in [1.54, 1.807) is 18.2 Å². The topological polar surface area (TPSA) is 62.7 Å². The highest BCUT2D eigenvalue weighted by Gasteiger charge is 2.13. The summed E-state index contributed by atoms with van der Waals surface area (Å²) in [5, 5.41) is 0. The van der Waals surface area contributed by atoms with Crippen LogP contribution in [-0.4, -0.2) is 11.8 Å². The number of anilines is 1. The van der Waals surface area contributed by atoms with Crippen molar-refractivity contribution in [1.29, 1.82) is 0 Å². The molecule has 5 nitrogen and oxygen atoms in total. The van der Waals surface area contributed by atoms with E-state index in [4.69, 9.17) is 9.73 Å². The fourth-order valence-electron chi connectivity index (χ4n) is 3.08. The van der Waals surface area contributed by atoms with Crippen LogP contribution < -0.4 is 15.6 Å². The predicted octanol–water partition coefficient (Wildman–Crippen LogP) is 4.89. The molecule has 0 radical (unpaired) electrons. The van der Waals surface area contributed by atoms with Gasteiger partial charge in [0.25, 0.3) is 0 Å². The van der Waals surface area contributed by atoms with Gasteiger partial charge in [-0.15, -0.1) is 0 Å². The average molecular weight is 371 g/mol. The maximum absolute atomic E-state index is 12.3. The van der Waals surface area contributed by atoms with Crippen molar-refractivity contribution in [2.24, 2.45) is 4.99 Å². The lowest BCUT2D eigenvalue weighted by molar-refractivity contribution is 0.0734. The average Bonchev–Trinajstić information content (AvgIpc) is 2.95. The van der Waals surface area contributed by atoms with E-state index in [9.17, 15) is 4.79 Å². The number of ether oxygens (including phenoxy) is 1. The third kappa shape index (κ3) is 4.38. The van der Waals surface area contributed by atoms with Crippen LogP contribution in [0.1, 0.15) is 28.8 Å². The summed E-state index contributed by atoms with van der Waals surface area (Å²) < 4.78 is 5.52. The Morgan fingerprint density at radius 1 is 0.857 bits per heavy atom. The number of fused-ring (bicyclic) bond motifs is 1. The largest absolute Gasteiger partial charge is 0.423 e. The standard InChI is InChI=1S/C23H21N3O2/c27-23(17-8-3-1-4-9-17)28-20-14-15-21-18(16-20)10-7-13-22(24-21)26-25-19-11-5-2-6-12-19/h1-6,8-9,11-12,14-16,25H,7,10,13H2,(H,24,26). The Morgan fingerprint density at radius 3 is 2.39 bits per heavy atom.